The predicted molar refractivity (Wildman–Crippen MR) is 81.0 cm³/mol. The van der Waals surface area contributed by atoms with Gasteiger partial charge in [-0.2, -0.15) is 0 Å². The Bertz CT molecular complexity index is 655. The molecule has 110 valence electrons. The van der Waals surface area contributed by atoms with Crippen molar-refractivity contribution in [2.75, 3.05) is 12.4 Å². The predicted octanol–water partition coefficient (Wildman–Crippen LogP) is 4.09. The zero-order valence-electron chi connectivity index (χ0n) is 12.3. The van der Waals surface area contributed by atoms with Gasteiger partial charge in [-0.3, -0.25) is 0 Å². The highest BCUT2D eigenvalue weighted by Gasteiger charge is 2.14. The van der Waals surface area contributed by atoms with Crippen LogP contribution in [0.1, 0.15) is 34.5 Å². The van der Waals surface area contributed by atoms with Gasteiger partial charge in [0.15, 0.2) is 0 Å². The number of carbonyl (C=O) groups excluding carboxylic acids is 1. The number of hydrogen-bond acceptors (Lipinski definition) is 3. The quantitative estimate of drug-likeness (QED) is 0.861. The summed E-state index contributed by atoms with van der Waals surface area (Å²) in [7, 11) is 1.23. The van der Waals surface area contributed by atoms with Gasteiger partial charge in [0, 0.05) is 11.7 Å². The van der Waals surface area contributed by atoms with Crippen LogP contribution in [0, 0.1) is 12.7 Å². The molecule has 0 aliphatic carbocycles. The van der Waals surface area contributed by atoms with Crippen molar-refractivity contribution in [2.45, 2.75) is 19.9 Å². The molecule has 1 atom stereocenters. The van der Waals surface area contributed by atoms with Gasteiger partial charge in [-0.1, -0.05) is 29.8 Å². The molecule has 2 rings (SSSR count). The van der Waals surface area contributed by atoms with E-state index in [-0.39, 0.29) is 11.6 Å². The van der Waals surface area contributed by atoms with E-state index < -0.39 is 11.8 Å². The Balaban J connectivity index is 2.21. The van der Waals surface area contributed by atoms with Crippen LogP contribution >= 0.6 is 0 Å². The number of ether oxygens (including phenoxy) is 1. The molecule has 0 aromatic heterocycles. The summed E-state index contributed by atoms with van der Waals surface area (Å²) in [6, 6.07) is 12.5. The number of nitrogens with one attached hydrogen (secondary N) is 1. The second-order valence-electron chi connectivity index (χ2n) is 4.97. The van der Waals surface area contributed by atoms with E-state index >= 15 is 0 Å². The fraction of sp³-hybridized carbons (Fsp3) is 0.235. The second-order valence-corrected chi connectivity index (χ2v) is 4.97. The molecule has 4 heteroatoms. The molecular formula is C17H18FNO2. The number of esters is 1. The Morgan fingerprint density at radius 3 is 2.67 bits per heavy atom. The zero-order valence-corrected chi connectivity index (χ0v) is 12.3. The van der Waals surface area contributed by atoms with Crippen LogP contribution in [0.25, 0.3) is 0 Å². The molecule has 0 aliphatic heterocycles. The van der Waals surface area contributed by atoms with Crippen molar-refractivity contribution in [3.63, 3.8) is 0 Å². The molecule has 3 nitrogen and oxygen atoms in total. The number of halogens is 1. The van der Waals surface area contributed by atoms with E-state index in [0.29, 0.717) is 5.69 Å². The molecule has 0 amide bonds. The van der Waals surface area contributed by atoms with Crippen molar-refractivity contribution in [1.29, 1.82) is 0 Å². The van der Waals surface area contributed by atoms with Gasteiger partial charge < -0.3 is 10.1 Å². The molecule has 2 aromatic rings. The Kier molecular flexibility index (Phi) is 4.58. The first kappa shape index (κ1) is 15.0. The molecule has 2 aromatic carbocycles. The van der Waals surface area contributed by atoms with Crippen molar-refractivity contribution in [2.24, 2.45) is 0 Å². The number of hydrogen-bond donors (Lipinski definition) is 1. The first-order chi connectivity index (χ1) is 10.0. The first-order valence-electron chi connectivity index (χ1n) is 6.72. The molecule has 21 heavy (non-hydrogen) atoms. The fourth-order valence-electron chi connectivity index (χ4n) is 2.15. The lowest BCUT2D eigenvalue weighted by molar-refractivity contribution is 0.0595. The number of rotatable bonds is 4. The van der Waals surface area contributed by atoms with Crippen molar-refractivity contribution in [3.8, 4) is 0 Å². The number of methoxy groups -OCH3 is 1. The monoisotopic (exact) mass is 287 g/mol. The highest BCUT2D eigenvalue weighted by atomic mass is 19.1. The van der Waals surface area contributed by atoms with Gasteiger partial charge in [0.25, 0.3) is 0 Å². The minimum Gasteiger partial charge on any atom is -0.465 e. The highest BCUT2D eigenvalue weighted by molar-refractivity contribution is 5.90. The maximum atomic E-state index is 13.6. The summed E-state index contributed by atoms with van der Waals surface area (Å²) in [6.07, 6.45) is 0. The molecule has 0 heterocycles. The molecule has 1 unspecified atom stereocenters. The first-order valence-corrected chi connectivity index (χ1v) is 6.72. The van der Waals surface area contributed by atoms with Crippen LogP contribution in [-0.4, -0.2) is 13.1 Å². The average Bonchev–Trinajstić information content (AvgIpc) is 2.48. The molecule has 0 saturated carbocycles. The fourth-order valence-corrected chi connectivity index (χ4v) is 2.15. The number of carbonyl (C=O) groups is 1. The summed E-state index contributed by atoms with van der Waals surface area (Å²) < 4.78 is 18.2. The van der Waals surface area contributed by atoms with Crippen molar-refractivity contribution in [1.82, 2.24) is 0 Å². The van der Waals surface area contributed by atoms with Gasteiger partial charge in [-0.25, -0.2) is 9.18 Å². The van der Waals surface area contributed by atoms with Crippen LogP contribution in [-0.2, 0) is 4.74 Å². The molecular weight excluding hydrogens is 269 g/mol. The summed E-state index contributed by atoms with van der Waals surface area (Å²) in [6.45, 7) is 4.04. The summed E-state index contributed by atoms with van der Waals surface area (Å²) in [5.41, 5.74) is 2.90. The summed E-state index contributed by atoms with van der Waals surface area (Å²) in [5, 5.41) is 3.26. The maximum Gasteiger partial charge on any atom is 0.340 e. The largest absolute Gasteiger partial charge is 0.465 e. The van der Waals surface area contributed by atoms with Crippen molar-refractivity contribution in [3.05, 3.63) is 65.0 Å². The van der Waals surface area contributed by atoms with E-state index in [1.165, 1.54) is 24.8 Å². The number of aryl methyl sites for hydroxylation is 1. The Morgan fingerprint density at radius 2 is 2.00 bits per heavy atom. The van der Waals surface area contributed by atoms with Crippen LogP contribution < -0.4 is 5.32 Å². The van der Waals surface area contributed by atoms with E-state index in [0.717, 1.165) is 5.56 Å². The molecule has 0 spiro atoms. The van der Waals surface area contributed by atoms with E-state index in [1.54, 1.807) is 6.07 Å². The Labute approximate surface area is 123 Å². The zero-order chi connectivity index (χ0) is 15.4. The topological polar surface area (TPSA) is 38.3 Å². The van der Waals surface area contributed by atoms with Crippen LogP contribution in [0.2, 0.25) is 0 Å². The van der Waals surface area contributed by atoms with E-state index in [2.05, 4.69) is 16.1 Å². The third-order valence-corrected chi connectivity index (χ3v) is 3.30. The average molecular weight is 287 g/mol. The molecule has 0 radical (unpaired) electrons. The molecule has 0 aliphatic rings. The second kappa shape index (κ2) is 6.39. The Hall–Kier alpha value is -2.36. The van der Waals surface area contributed by atoms with E-state index in [1.807, 2.05) is 32.0 Å². The number of benzene rings is 2. The summed E-state index contributed by atoms with van der Waals surface area (Å²) >= 11 is 0. The van der Waals surface area contributed by atoms with Gasteiger partial charge in [0.05, 0.1) is 12.7 Å². The van der Waals surface area contributed by atoms with Crippen LogP contribution in [0.3, 0.4) is 0 Å². The SMILES string of the molecule is COC(=O)c1cc(NC(C)c2cccc(C)c2)ccc1F. The summed E-state index contributed by atoms with van der Waals surface area (Å²) in [5.74, 6) is -1.27. The lowest BCUT2D eigenvalue weighted by Gasteiger charge is -2.17. The van der Waals surface area contributed by atoms with Crippen LogP contribution in [0.5, 0.6) is 0 Å². The maximum absolute atomic E-state index is 13.6. The minimum atomic E-state index is -0.681. The lowest BCUT2D eigenvalue weighted by atomic mass is 10.1. The van der Waals surface area contributed by atoms with Gasteiger partial charge in [0.1, 0.15) is 5.82 Å². The smallest absolute Gasteiger partial charge is 0.340 e. The van der Waals surface area contributed by atoms with E-state index in [4.69, 9.17) is 0 Å². The molecule has 0 fully saturated rings. The van der Waals surface area contributed by atoms with Crippen molar-refractivity contribution < 1.29 is 13.9 Å². The minimum absolute atomic E-state index is 0.0425. The lowest BCUT2D eigenvalue weighted by Crippen LogP contribution is -2.09. The highest BCUT2D eigenvalue weighted by Crippen LogP contribution is 2.22. The summed E-state index contributed by atoms with van der Waals surface area (Å²) in [4.78, 5) is 11.5. The van der Waals surface area contributed by atoms with Crippen LogP contribution in [0.4, 0.5) is 10.1 Å². The standard InChI is InChI=1S/C17H18FNO2/c1-11-5-4-6-13(9-11)12(2)19-14-7-8-16(18)15(10-14)17(20)21-3/h4-10,12,19H,1-3H3. The van der Waals surface area contributed by atoms with E-state index in [9.17, 15) is 9.18 Å². The molecule has 0 bridgehead atoms. The van der Waals surface area contributed by atoms with Gasteiger partial charge in [0.2, 0.25) is 0 Å². The normalized spacial score (nSPS) is 11.8. The van der Waals surface area contributed by atoms with Gasteiger partial charge in [-0.05, 0) is 37.6 Å². The van der Waals surface area contributed by atoms with Gasteiger partial charge in [-0.15, -0.1) is 0 Å². The Morgan fingerprint density at radius 1 is 1.24 bits per heavy atom. The number of anilines is 1. The molecule has 0 saturated heterocycles. The third-order valence-electron chi connectivity index (χ3n) is 3.30. The van der Waals surface area contributed by atoms with Gasteiger partial charge >= 0.3 is 5.97 Å². The molecule has 1 N–H and O–H groups in total. The van der Waals surface area contributed by atoms with Crippen molar-refractivity contribution >= 4 is 11.7 Å². The third kappa shape index (κ3) is 3.60. The van der Waals surface area contributed by atoms with Crippen LogP contribution in [0.15, 0.2) is 42.5 Å².